The number of carbonyl (C=O) groups is 1. The summed E-state index contributed by atoms with van der Waals surface area (Å²) in [5.41, 5.74) is 5.28. The van der Waals surface area contributed by atoms with Gasteiger partial charge >= 0.3 is 0 Å². The van der Waals surface area contributed by atoms with Crippen LogP contribution in [0.2, 0.25) is 0 Å². The minimum atomic E-state index is -0.762. The lowest BCUT2D eigenvalue weighted by Crippen LogP contribution is -2.46. The highest BCUT2D eigenvalue weighted by Gasteiger charge is 2.13. The van der Waals surface area contributed by atoms with Crippen molar-refractivity contribution in [3.8, 4) is 0 Å². The van der Waals surface area contributed by atoms with Crippen LogP contribution < -0.4 is 11.6 Å². The van der Waals surface area contributed by atoms with Gasteiger partial charge in [0.1, 0.15) is 11.6 Å². The third-order valence-corrected chi connectivity index (χ3v) is 1.98. The quantitative estimate of drug-likeness (QED) is 0.343. The number of halogens is 2. The Morgan fingerprint density at radius 2 is 1.81 bits per heavy atom. The summed E-state index contributed by atoms with van der Waals surface area (Å²) in [6.07, 6.45) is -0.275. The summed E-state index contributed by atoms with van der Waals surface area (Å²) in [7, 11) is 0. The lowest BCUT2D eigenvalue weighted by Gasteiger charge is -2.13. The van der Waals surface area contributed by atoms with Gasteiger partial charge in [-0.1, -0.05) is 0 Å². The standard InChI is InChI=1S/C9H9F2N3OS/c10-6-1-5(2-7(11)4-6)3-8(15)14(13)9(12)16/h1-2,4H,3,13H2,(H2,12,16). The van der Waals surface area contributed by atoms with E-state index in [1.165, 1.54) is 0 Å². The van der Waals surface area contributed by atoms with Crippen LogP contribution in [-0.2, 0) is 11.2 Å². The maximum atomic E-state index is 12.8. The number of hydrogen-bond acceptors (Lipinski definition) is 3. The van der Waals surface area contributed by atoms with Crippen LogP contribution in [0.25, 0.3) is 0 Å². The number of hydrazine groups is 1. The fourth-order valence-corrected chi connectivity index (χ4v) is 1.20. The molecule has 0 bridgehead atoms. The van der Waals surface area contributed by atoms with Crippen LogP contribution >= 0.6 is 12.2 Å². The van der Waals surface area contributed by atoms with E-state index < -0.39 is 17.5 Å². The highest BCUT2D eigenvalue weighted by molar-refractivity contribution is 7.80. The van der Waals surface area contributed by atoms with E-state index in [9.17, 15) is 13.6 Å². The maximum Gasteiger partial charge on any atom is 0.247 e. The van der Waals surface area contributed by atoms with E-state index >= 15 is 0 Å². The van der Waals surface area contributed by atoms with Gasteiger partial charge in [0.05, 0.1) is 6.42 Å². The molecule has 0 saturated carbocycles. The number of carbonyl (C=O) groups excluding carboxylic acids is 1. The van der Waals surface area contributed by atoms with Crippen LogP contribution in [0.3, 0.4) is 0 Å². The summed E-state index contributed by atoms with van der Waals surface area (Å²) >= 11 is 4.47. The van der Waals surface area contributed by atoms with Crippen molar-refractivity contribution >= 4 is 23.2 Å². The van der Waals surface area contributed by atoms with E-state index in [2.05, 4.69) is 12.2 Å². The Balaban J connectivity index is 2.81. The van der Waals surface area contributed by atoms with E-state index in [4.69, 9.17) is 11.6 Å². The Bertz CT molecular complexity index is 419. The molecule has 0 aliphatic carbocycles. The molecule has 0 unspecified atom stereocenters. The maximum absolute atomic E-state index is 12.8. The summed E-state index contributed by atoms with van der Waals surface area (Å²) in [4.78, 5) is 11.4. The average Bonchev–Trinajstić information content (AvgIpc) is 2.14. The molecule has 0 aliphatic rings. The van der Waals surface area contributed by atoms with E-state index in [1.54, 1.807) is 0 Å². The van der Waals surface area contributed by atoms with Gasteiger partial charge in [0.2, 0.25) is 5.91 Å². The minimum Gasteiger partial charge on any atom is -0.375 e. The summed E-state index contributed by atoms with van der Waals surface area (Å²) in [6.45, 7) is 0. The lowest BCUT2D eigenvalue weighted by atomic mass is 10.1. The van der Waals surface area contributed by atoms with Crippen LogP contribution in [0.15, 0.2) is 18.2 Å². The molecular weight excluding hydrogens is 236 g/mol. The van der Waals surface area contributed by atoms with Gasteiger partial charge in [0, 0.05) is 6.07 Å². The number of amides is 1. The first-order valence-electron chi connectivity index (χ1n) is 4.22. The van der Waals surface area contributed by atoms with Crippen LogP contribution in [-0.4, -0.2) is 16.0 Å². The highest BCUT2D eigenvalue weighted by atomic mass is 32.1. The molecule has 0 radical (unpaired) electrons. The predicted molar refractivity (Wildman–Crippen MR) is 57.9 cm³/mol. The van der Waals surface area contributed by atoms with E-state index in [-0.39, 0.29) is 17.1 Å². The molecule has 0 spiro atoms. The van der Waals surface area contributed by atoms with Crippen molar-refractivity contribution in [3.63, 3.8) is 0 Å². The molecule has 4 N–H and O–H groups in total. The smallest absolute Gasteiger partial charge is 0.247 e. The summed E-state index contributed by atoms with van der Waals surface area (Å²) in [5.74, 6) is 3.05. The molecule has 0 atom stereocenters. The van der Waals surface area contributed by atoms with Gasteiger partial charge in [-0.3, -0.25) is 4.79 Å². The predicted octanol–water partition coefficient (Wildman–Crippen LogP) is 0.453. The SMILES string of the molecule is NC(=S)N(N)C(=O)Cc1cc(F)cc(F)c1. The molecule has 7 heteroatoms. The van der Waals surface area contributed by atoms with Gasteiger partial charge in [0.15, 0.2) is 5.11 Å². The zero-order valence-corrected chi connectivity index (χ0v) is 8.93. The molecule has 4 nitrogen and oxygen atoms in total. The molecule has 1 rings (SSSR count). The number of benzene rings is 1. The number of nitrogens with zero attached hydrogens (tertiary/aromatic N) is 1. The van der Waals surface area contributed by atoms with Gasteiger partial charge in [-0.15, -0.1) is 0 Å². The van der Waals surface area contributed by atoms with Crippen LogP contribution in [0.4, 0.5) is 8.78 Å². The summed E-state index contributed by atoms with van der Waals surface area (Å²) in [6, 6.07) is 2.78. The van der Waals surface area contributed by atoms with Crippen molar-refractivity contribution in [2.45, 2.75) is 6.42 Å². The van der Waals surface area contributed by atoms with Gasteiger partial charge in [-0.2, -0.15) is 0 Å². The second-order valence-electron chi connectivity index (χ2n) is 3.06. The second kappa shape index (κ2) is 4.95. The van der Waals surface area contributed by atoms with Gasteiger partial charge in [-0.25, -0.2) is 19.6 Å². The molecule has 0 aliphatic heterocycles. The van der Waals surface area contributed by atoms with Crippen molar-refractivity contribution in [2.24, 2.45) is 11.6 Å². The zero-order valence-electron chi connectivity index (χ0n) is 8.11. The zero-order chi connectivity index (χ0) is 12.3. The first-order chi connectivity index (χ1) is 7.40. The van der Waals surface area contributed by atoms with Gasteiger partial charge in [-0.05, 0) is 29.9 Å². The third kappa shape index (κ3) is 3.21. The Labute approximate surface area is 95.8 Å². The molecule has 1 amide bonds. The topological polar surface area (TPSA) is 72.3 Å². The summed E-state index contributed by atoms with van der Waals surface area (Å²) in [5, 5.41) is 0.250. The van der Waals surface area contributed by atoms with E-state index in [1.807, 2.05) is 0 Å². The van der Waals surface area contributed by atoms with Crippen molar-refractivity contribution in [1.29, 1.82) is 0 Å². The lowest BCUT2D eigenvalue weighted by molar-refractivity contribution is -0.126. The number of thiocarbonyl (C=S) groups is 1. The molecule has 1 aromatic carbocycles. The van der Waals surface area contributed by atoms with E-state index in [0.717, 1.165) is 12.1 Å². The second-order valence-corrected chi connectivity index (χ2v) is 3.47. The molecule has 0 heterocycles. The molecule has 1 aromatic rings. The number of nitrogens with two attached hydrogens (primary N) is 2. The molecular formula is C9H9F2N3OS. The molecule has 0 saturated heterocycles. The van der Waals surface area contributed by atoms with Crippen molar-refractivity contribution in [3.05, 3.63) is 35.4 Å². The monoisotopic (exact) mass is 245 g/mol. The first-order valence-corrected chi connectivity index (χ1v) is 4.63. The normalized spacial score (nSPS) is 9.94. The largest absolute Gasteiger partial charge is 0.375 e. The molecule has 0 fully saturated rings. The first kappa shape index (κ1) is 12.5. The highest BCUT2D eigenvalue weighted by Crippen LogP contribution is 2.09. The molecule has 16 heavy (non-hydrogen) atoms. The van der Waals surface area contributed by atoms with Crippen LogP contribution in [0, 0.1) is 11.6 Å². The fourth-order valence-electron chi connectivity index (χ4n) is 1.10. The minimum absolute atomic E-state index is 0.161. The van der Waals surface area contributed by atoms with Crippen molar-refractivity contribution in [2.75, 3.05) is 0 Å². The third-order valence-electron chi connectivity index (χ3n) is 1.78. The molecule has 0 aromatic heterocycles. The Morgan fingerprint density at radius 3 is 2.25 bits per heavy atom. The van der Waals surface area contributed by atoms with Crippen molar-refractivity contribution in [1.82, 2.24) is 5.01 Å². The van der Waals surface area contributed by atoms with E-state index in [0.29, 0.717) is 11.1 Å². The number of hydrogen-bond donors (Lipinski definition) is 2. The average molecular weight is 245 g/mol. The number of rotatable bonds is 2. The Morgan fingerprint density at radius 1 is 1.31 bits per heavy atom. The Kier molecular flexibility index (Phi) is 3.86. The molecule has 86 valence electrons. The van der Waals surface area contributed by atoms with Gasteiger partial charge in [0.25, 0.3) is 0 Å². The van der Waals surface area contributed by atoms with Crippen molar-refractivity contribution < 1.29 is 13.6 Å². The van der Waals surface area contributed by atoms with Crippen LogP contribution in [0.1, 0.15) is 5.56 Å². The summed E-state index contributed by atoms with van der Waals surface area (Å²) < 4.78 is 25.6. The fraction of sp³-hybridized carbons (Fsp3) is 0.111. The van der Waals surface area contributed by atoms with Crippen LogP contribution in [0.5, 0.6) is 0 Å². The van der Waals surface area contributed by atoms with Gasteiger partial charge < -0.3 is 5.73 Å². The Hall–Kier alpha value is -1.60.